The van der Waals surface area contributed by atoms with E-state index in [2.05, 4.69) is 24.3 Å². The van der Waals surface area contributed by atoms with Gasteiger partial charge in [-0.25, -0.2) is 9.48 Å². The molecule has 0 fully saturated rings. The third-order valence-electron chi connectivity index (χ3n) is 4.03. The van der Waals surface area contributed by atoms with Crippen LogP contribution in [0.25, 0.3) is 0 Å². The molecule has 0 saturated heterocycles. The molecule has 2 rings (SSSR count). The van der Waals surface area contributed by atoms with Crippen LogP contribution in [0.5, 0.6) is 0 Å². The van der Waals surface area contributed by atoms with Crippen molar-refractivity contribution < 1.29 is 0 Å². The lowest BCUT2D eigenvalue weighted by atomic mass is 10.1. The molecule has 1 aromatic heterocycles. The monoisotopic (exact) mass is 280 g/mol. The first-order valence-corrected chi connectivity index (χ1v) is 8.12. The summed E-state index contributed by atoms with van der Waals surface area (Å²) in [4.78, 5) is 12.1. The minimum absolute atomic E-state index is 0.0943. The fourth-order valence-corrected chi connectivity index (χ4v) is 2.80. The fourth-order valence-electron chi connectivity index (χ4n) is 2.80. The average Bonchev–Trinajstić information content (AvgIpc) is 2.78. The van der Waals surface area contributed by atoms with Gasteiger partial charge in [0.25, 0.3) is 0 Å². The Balaban J connectivity index is 1.75. The molecule has 0 spiro atoms. The Labute approximate surface area is 121 Å². The van der Waals surface area contributed by atoms with Crippen LogP contribution in [0.1, 0.15) is 58.2 Å². The molecular formula is C15H28N4O. The van der Waals surface area contributed by atoms with E-state index in [1.54, 1.807) is 4.68 Å². The standard InChI is InChI=1S/C15H28N4O/c1-3-10-16-13(2)8-4-7-12-19-15(20)18-11-6-5-9-14(18)17-19/h13,16H,3-12H2,1-2H3. The Hall–Kier alpha value is -1.10. The number of nitrogens with one attached hydrogen (secondary N) is 1. The lowest BCUT2D eigenvalue weighted by molar-refractivity contribution is 0.460. The van der Waals surface area contributed by atoms with E-state index >= 15 is 0 Å². The highest BCUT2D eigenvalue weighted by Gasteiger charge is 2.16. The second-order valence-electron chi connectivity index (χ2n) is 5.88. The van der Waals surface area contributed by atoms with Crippen LogP contribution in [0.4, 0.5) is 0 Å². The van der Waals surface area contributed by atoms with E-state index < -0.39 is 0 Å². The molecule has 1 unspecified atom stereocenters. The third-order valence-corrected chi connectivity index (χ3v) is 4.03. The molecule has 114 valence electrons. The predicted molar refractivity (Wildman–Crippen MR) is 81.0 cm³/mol. The molecule has 1 atom stereocenters. The highest BCUT2D eigenvalue weighted by Crippen LogP contribution is 2.10. The van der Waals surface area contributed by atoms with Crippen molar-refractivity contribution in [1.82, 2.24) is 19.7 Å². The normalized spacial score (nSPS) is 16.1. The van der Waals surface area contributed by atoms with Gasteiger partial charge >= 0.3 is 5.69 Å². The van der Waals surface area contributed by atoms with Crippen LogP contribution < -0.4 is 11.0 Å². The summed E-state index contributed by atoms with van der Waals surface area (Å²) in [7, 11) is 0. The zero-order valence-electron chi connectivity index (χ0n) is 12.9. The van der Waals surface area contributed by atoms with Crippen molar-refractivity contribution in [3.63, 3.8) is 0 Å². The zero-order valence-corrected chi connectivity index (χ0v) is 12.9. The van der Waals surface area contributed by atoms with Gasteiger partial charge in [0.05, 0.1) is 0 Å². The zero-order chi connectivity index (χ0) is 14.4. The van der Waals surface area contributed by atoms with Gasteiger partial charge in [-0.1, -0.05) is 13.3 Å². The molecule has 0 saturated carbocycles. The Bertz CT molecular complexity index is 463. The number of hydrogen-bond acceptors (Lipinski definition) is 3. The number of unbranched alkanes of at least 4 members (excludes halogenated alkanes) is 1. The largest absolute Gasteiger partial charge is 0.345 e. The summed E-state index contributed by atoms with van der Waals surface area (Å²) < 4.78 is 3.53. The van der Waals surface area contributed by atoms with Crippen LogP contribution >= 0.6 is 0 Å². The van der Waals surface area contributed by atoms with Gasteiger partial charge in [-0.2, -0.15) is 5.10 Å². The quantitative estimate of drug-likeness (QED) is 0.740. The molecular weight excluding hydrogens is 252 g/mol. The molecule has 5 heteroatoms. The summed E-state index contributed by atoms with van der Waals surface area (Å²) in [6, 6.07) is 0.571. The summed E-state index contributed by atoms with van der Waals surface area (Å²) in [6.45, 7) is 7.13. The van der Waals surface area contributed by atoms with Gasteiger partial charge in [-0.15, -0.1) is 0 Å². The second-order valence-corrected chi connectivity index (χ2v) is 5.88. The van der Waals surface area contributed by atoms with Crippen molar-refractivity contribution in [2.24, 2.45) is 0 Å². The maximum Gasteiger partial charge on any atom is 0.345 e. The molecule has 1 aliphatic rings. The Morgan fingerprint density at radius 1 is 1.35 bits per heavy atom. The molecule has 0 bridgehead atoms. The summed E-state index contributed by atoms with van der Waals surface area (Å²) >= 11 is 0. The highest BCUT2D eigenvalue weighted by molar-refractivity contribution is 4.91. The topological polar surface area (TPSA) is 51.9 Å². The van der Waals surface area contributed by atoms with Gasteiger partial charge in [0.2, 0.25) is 0 Å². The maximum absolute atomic E-state index is 12.1. The number of nitrogens with zero attached hydrogens (tertiary/aromatic N) is 3. The Morgan fingerprint density at radius 3 is 2.95 bits per heavy atom. The molecule has 0 aliphatic carbocycles. The SMILES string of the molecule is CCCNC(C)CCCCn1nc2n(c1=O)CCCC2. The number of hydrogen-bond donors (Lipinski definition) is 1. The van der Waals surface area contributed by atoms with E-state index in [9.17, 15) is 4.79 Å². The average molecular weight is 280 g/mol. The van der Waals surface area contributed by atoms with E-state index in [1.807, 2.05) is 4.57 Å². The van der Waals surface area contributed by atoms with Crippen molar-refractivity contribution in [3.05, 3.63) is 16.3 Å². The number of aryl methyl sites for hydroxylation is 2. The minimum atomic E-state index is 0.0943. The van der Waals surface area contributed by atoms with Crippen molar-refractivity contribution in [2.45, 2.75) is 77.9 Å². The molecule has 2 heterocycles. The number of rotatable bonds is 8. The van der Waals surface area contributed by atoms with Crippen molar-refractivity contribution in [3.8, 4) is 0 Å². The van der Waals surface area contributed by atoms with Gasteiger partial charge in [0, 0.05) is 25.6 Å². The molecule has 0 amide bonds. The first-order chi connectivity index (χ1) is 9.72. The number of fused-ring (bicyclic) bond motifs is 1. The van der Waals surface area contributed by atoms with E-state index in [1.165, 1.54) is 12.8 Å². The molecule has 1 N–H and O–H groups in total. The van der Waals surface area contributed by atoms with Gasteiger partial charge in [-0.05, 0) is 45.6 Å². The maximum atomic E-state index is 12.1. The van der Waals surface area contributed by atoms with Crippen molar-refractivity contribution >= 4 is 0 Å². The molecule has 20 heavy (non-hydrogen) atoms. The summed E-state index contributed by atoms with van der Waals surface area (Å²) in [6.07, 6.45) is 7.76. The van der Waals surface area contributed by atoms with Gasteiger partial charge in [-0.3, -0.25) is 4.57 Å². The van der Waals surface area contributed by atoms with Crippen molar-refractivity contribution in [1.29, 1.82) is 0 Å². The molecule has 1 aliphatic heterocycles. The molecule has 0 aromatic carbocycles. The van der Waals surface area contributed by atoms with Crippen molar-refractivity contribution in [2.75, 3.05) is 6.54 Å². The summed E-state index contributed by atoms with van der Waals surface area (Å²) in [5.74, 6) is 0.985. The first kappa shape index (κ1) is 15.3. The van der Waals surface area contributed by atoms with Crippen LogP contribution in [-0.4, -0.2) is 26.9 Å². The lowest BCUT2D eigenvalue weighted by Gasteiger charge is -2.12. The van der Waals surface area contributed by atoms with Gasteiger partial charge < -0.3 is 5.32 Å². The van der Waals surface area contributed by atoms with Crippen LogP contribution in [0.15, 0.2) is 4.79 Å². The van der Waals surface area contributed by atoms with Crippen LogP contribution in [0.2, 0.25) is 0 Å². The van der Waals surface area contributed by atoms with E-state index in [4.69, 9.17) is 0 Å². The lowest BCUT2D eigenvalue weighted by Crippen LogP contribution is -2.28. The van der Waals surface area contributed by atoms with E-state index in [0.717, 1.165) is 57.6 Å². The number of aromatic nitrogens is 3. The molecule has 1 aromatic rings. The second kappa shape index (κ2) is 7.62. The summed E-state index contributed by atoms with van der Waals surface area (Å²) in [5, 5.41) is 7.96. The third kappa shape index (κ3) is 3.95. The van der Waals surface area contributed by atoms with Crippen LogP contribution in [0.3, 0.4) is 0 Å². The first-order valence-electron chi connectivity index (χ1n) is 8.12. The fraction of sp³-hybridized carbons (Fsp3) is 0.867. The van der Waals surface area contributed by atoms with Gasteiger partial charge in [0.1, 0.15) is 5.82 Å². The Morgan fingerprint density at radius 2 is 2.20 bits per heavy atom. The molecule has 0 radical (unpaired) electrons. The van der Waals surface area contributed by atoms with Gasteiger partial charge in [0.15, 0.2) is 0 Å². The highest BCUT2D eigenvalue weighted by atomic mass is 16.2. The minimum Gasteiger partial charge on any atom is -0.314 e. The molecule has 5 nitrogen and oxygen atoms in total. The van der Waals surface area contributed by atoms with Crippen LogP contribution in [0, 0.1) is 0 Å². The van der Waals surface area contributed by atoms with E-state index in [-0.39, 0.29) is 5.69 Å². The van der Waals surface area contributed by atoms with E-state index in [0.29, 0.717) is 6.04 Å². The van der Waals surface area contributed by atoms with Crippen LogP contribution in [-0.2, 0) is 19.5 Å². The Kier molecular flexibility index (Phi) is 5.83. The predicted octanol–water partition coefficient (Wildman–Crippen LogP) is 1.94. The smallest absolute Gasteiger partial charge is 0.314 e. The summed E-state index contributed by atoms with van der Waals surface area (Å²) in [5.41, 5.74) is 0.0943.